The Balaban J connectivity index is 2.03. The number of amides is 1. The molecule has 0 aromatic heterocycles. The van der Waals surface area contributed by atoms with Gasteiger partial charge in [0.25, 0.3) is 15.9 Å². The molecule has 2 aromatic rings. The Kier molecular flexibility index (Phi) is 6.79. The lowest BCUT2D eigenvalue weighted by molar-refractivity contribution is -0.127. The molecule has 146 valence electrons. The Morgan fingerprint density at radius 2 is 1.70 bits per heavy atom. The molecule has 1 amide bonds. The molecule has 8 heteroatoms. The molecule has 0 bridgehead atoms. The van der Waals surface area contributed by atoms with Gasteiger partial charge in [0.15, 0.2) is 6.10 Å². The van der Waals surface area contributed by atoms with Crippen LogP contribution in [0.4, 0.5) is 10.1 Å². The van der Waals surface area contributed by atoms with Crippen LogP contribution in [0.5, 0.6) is 5.75 Å². The van der Waals surface area contributed by atoms with Gasteiger partial charge in [0.1, 0.15) is 11.6 Å². The van der Waals surface area contributed by atoms with Gasteiger partial charge in [-0.2, -0.15) is 0 Å². The molecular weight excluding hydrogens is 371 g/mol. The first-order valence-corrected chi connectivity index (χ1v) is 9.99. The van der Waals surface area contributed by atoms with Gasteiger partial charge in [0, 0.05) is 6.54 Å². The molecule has 0 aliphatic heterocycles. The maximum Gasteiger partial charge on any atom is 0.261 e. The van der Waals surface area contributed by atoms with E-state index in [1.165, 1.54) is 48.5 Å². The first-order chi connectivity index (χ1) is 12.7. The number of carbonyl (C=O) groups is 1. The van der Waals surface area contributed by atoms with Crippen LogP contribution in [0.3, 0.4) is 0 Å². The van der Waals surface area contributed by atoms with Crippen molar-refractivity contribution >= 4 is 21.6 Å². The fraction of sp³-hybridized carbons (Fsp3) is 0.316. The summed E-state index contributed by atoms with van der Waals surface area (Å²) in [6.45, 7) is 6.13. The topological polar surface area (TPSA) is 84.5 Å². The smallest absolute Gasteiger partial charge is 0.261 e. The zero-order chi connectivity index (χ0) is 20.0. The molecule has 0 fully saturated rings. The van der Waals surface area contributed by atoms with Gasteiger partial charge in [-0.1, -0.05) is 26.0 Å². The lowest BCUT2D eigenvalue weighted by Crippen LogP contribution is -2.38. The van der Waals surface area contributed by atoms with Gasteiger partial charge in [0.2, 0.25) is 0 Å². The van der Waals surface area contributed by atoms with Crippen LogP contribution in [0, 0.1) is 11.7 Å². The Bertz CT molecular complexity index is 883. The summed E-state index contributed by atoms with van der Waals surface area (Å²) < 4.78 is 46.1. The monoisotopic (exact) mass is 394 g/mol. The minimum Gasteiger partial charge on any atom is -0.481 e. The fourth-order valence-electron chi connectivity index (χ4n) is 2.15. The van der Waals surface area contributed by atoms with Crippen LogP contribution < -0.4 is 14.8 Å². The van der Waals surface area contributed by atoms with Crippen molar-refractivity contribution in [2.24, 2.45) is 5.92 Å². The molecule has 0 spiro atoms. The lowest BCUT2D eigenvalue weighted by atomic mass is 10.2. The highest BCUT2D eigenvalue weighted by atomic mass is 32.2. The lowest BCUT2D eigenvalue weighted by Gasteiger charge is -2.16. The molecule has 27 heavy (non-hydrogen) atoms. The van der Waals surface area contributed by atoms with Crippen LogP contribution in [0.25, 0.3) is 0 Å². The average molecular weight is 394 g/mol. The molecule has 0 aliphatic carbocycles. The summed E-state index contributed by atoms with van der Waals surface area (Å²) in [7, 11) is -3.94. The van der Waals surface area contributed by atoms with E-state index in [2.05, 4.69) is 10.0 Å². The van der Waals surface area contributed by atoms with Crippen molar-refractivity contribution in [1.29, 1.82) is 0 Å². The molecule has 2 N–H and O–H groups in total. The number of nitrogens with one attached hydrogen (secondary N) is 2. The number of hydrogen-bond donors (Lipinski definition) is 2. The van der Waals surface area contributed by atoms with E-state index < -0.39 is 21.9 Å². The first-order valence-electron chi connectivity index (χ1n) is 8.51. The van der Waals surface area contributed by atoms with Crippen molar-refractivity contribution < 1.29 is 22.3 Å². The summed E-state index contributed by atoms with van der Waals surface area (Å²) in [6, 6.07) is 11.1. The molecule has 6 nitrogen and oxygen atoms in total. The zero-order valence-corrected chi connectivity index (χ0v) is 16.2. The number of benzene rings is 2. The molecule has 0 saturated carbocycles. The number of para-hydroxylation sites is 1. The SMILES string of the molecule is CC(C)CNC(=O)[C@@H](C)Oc1ccc(S(=O)(=O)Nc2ccccc2F)cc1. The normalized spacial score (nSPS) is 12.5. The molecule has 0 saturated heterocycles. The minimum atomic E-state index is -3.94. The predicted molar refractivity (Wildman–Crippen MR) is 102 cm³/mol. The highest BCUT2D eigenvalue weighted by Gasteiger charge is 2.18. The highest BCUT2D eigenvalue weighted by Crippen LogP contribution is 2.21. The first kappa shape index (κ1) is 20.7. The van der Waals surface area contributed by atoms with Gasteiger partial charge < -0.3 is 10.1 Å². The van der Waals surface area contributed by atoms with Crippen molar-refractivity contribution in [3.8, 4) is 5.75 Å². The number of hydrogen-bond acceptors (Lipinski definition) is 4. The Morgan fingerprint density at radius 1 is 1.07 bits per heavy atom. The van der Waals surface area contributed by atoms with Gasteiger partial charge in [-0.05, 0) is 49.2 Å². The summed E-state index contributed by atoms with van der Waals surface area (Å²) in [6.07, 6.45) is -0.720. The van der Waals surface area contributed by atoms with Gasteiger partial charge in [0.05, 0.1) is 10.6 Å². The van der Waals surface area contributed by atoms with Gasteiger partial charge in [-0.15, -0.1) is 0 Å². The van der Waals surface area contributed by atoms with Crippen LogP contribution in [-0.4, -0.2) is 27.0 Å². The van der Waals surface area contributed by atoms with Gasteiger partial charge in [-0.3, -0.25) is 9.52 Å². The van der Waals surface area contributed by atoms with E-state index in [0.29, 0.717) is 18.2 Å². The standard InChI is InChI=1S/C19H23FN2O4S/c1-13(2)12-21-19(23)14(3)26-15-8-10-16(11-9-15)27(24,25)22-18-7-5-4-6-17(18)20/h4-11,13-14,22H,12H2,1-3H3,(H,21,23)/t14-/m1/s1. The molecule has 1 atom stereocenters. The molecule has 0 unspecified atom stereocenters. The van der Waals surface area contributed by atoms with Crippen molar-refractivity contribution in [3.63, 3.8) is 0 Å². The Labute approximate surface area is 158 Å². The number of rotatable bonds is 8. The second kappa shape index (κ2) is 8.85. The quantitative estimate of drug-likeness (QED) is 0.720. The van der Waals surface area contributed by atoms with Crippen LogP contribution in [0.1, 0.15) is 20.8 Å². The molecule has 0 radical (unpaired) electrons. The number of sulfonamides is 1. The van der Waals surface area contributed by atoms with Gasteiger partial charge >= 0.3 is 0 Å². The molecule has 0 heterocycles. The van der Waals surface area contributed by atoms with E-state index in [9.17, 15) is 17.6 Å². The highest BCUT2D eigenvalue weighted by molar-refractivity contribution is 7.92. The second-order valence-corrected chi connectivity index (χ2v) is 8.14. The second-order valence-electron chi connectivity index (χ2n) is 6.46. The zero-order valence-electron chi connectivity index (χ0n) is 15.4. The molecular formula is C19H23FN2O4S. The molecule has 2 rings (SSSR count). The summed E-state index contributed by atoms with van der Waals surface area (Å²) in [5.41, 5.74) is -0.131. The number of ether oxygens (including phenoxy) is 1. The van der Waals surface area contributed by atoms with E-state index in [1.807, 2.05) is 13.8 Å². The van der Waals surface area contributed by atoms with Crippen molar-refractivity contribution in [2.45, 2.75) is 31.8 Å². The fourth-order valence-corrected chi connectivity index (χ4v) is 3.22. The predicted octanol–water partition coefficient (Wildman–Crippen LogP) is 3.17. The summed E-state index contributed by atoms with van der Waals surface area (Å²) >= 11 is 0. The van der Waals surface area contributed by atoms with Crippen molar-refractivity contribution in [2.75, 3.05) is 11.3 Å². The van der Waals surface area contributed by atoms with E-state index in [1.54, 1.807) is 6.92 Å². The number of anilines is 1. The van der Waals surface area contributed by atoms with Crippen LogP contribution in [0.2, 0.25) is 0 Å². The van der Waals surface area contributed by atoms with Gasteiger partial charge in [-0.25, -0.2) is 12.8 Å². The maximum absolute atomic E-state index is 13.6. The average Bonchev–Trinajstić information content (AvgIpc) is 2.62. The number of halogens is 1. The van der Waals surface area contributed by atoms with Crippen LogP contribution in [0.15, 0.2) is 53.4 Å². The van der Waals surface area contributed by atoms with Crippen molar-refractivity contribution in [3.05, 3.63) is 54.3 Å². The summed E-state index contributed by atoms with van der Waals surface area (Å²) in [5, 5.41) is 2.77. The van der Waals surface area contributed by atoms with E-state index in [0.717, 1.165) is 0 Å². The van der Waals surface area contributed by atoms with E-state index in [4.69, 9.17) is 4.74 Å². The largest absolute Gasteiger partial charge is 0.481 e. The number of carbonyl (C=O) groups excluding carboxylic acids is 1. The van der Waals surface area contributed by atoms with Crippen LogP contribution >= 0.6 is 0 Å². The molecule has 0 aliphatic rings. The molecule has 2 aromatic carbocycles. The summed E-state index contributed by atoms with van der Waals surface area (Å²) in [4.78, 5) is 11.9. The van der Waals surface area contributed by atoms with Crippen molar-refractivity contribution in [1.82, 2.24) is 5.32 Å². The Morgan fingerprint density at radius 3 is 2.30 bits per heavy atom. The Hall–Kier alpha value is -2.61. The third kappa shape index (κ3) is 5.96. The summed E-state index contributed by atoms with van der Waals surface area (Å²) in [5.74, 6) is -0.233. The van der Waals surface area contributed by atoms with Crippen LogP contribution in [-0.2, 0) is 14.8 Å². The maximum atomic E-state index is 13.6. The van der Waals surface area contributed by atoms with E-state index >= 15 is 0 Å². The third-order valence-electron chi connectivity index (χ3n) is 3.62. The van der Waals surface area contributed by atoms with E-state index in [-0.39, 0.29) is 16.5 Å². The minimum absolute atomic E-state index is 0.0463. The third-order valence-corrected chi connectivity index (χ3v) is 5.00.